The van der Waals surface area contributed by atoms with Crippen molar-refractivity contribution < 1.29 is 18.0 Å². The monoisotopic (exact) mass is 289 g/mol. The first kappa shape index (κ1) is 16.3. The summed E-state index contributed by atoms with van der Waals surface area (Å²) in [6, 6.07) is 0.863. The van der Waals surface area contributed by atoms with Crippen molar-refractivity contribution in [3.63, 3.8) is 0 Å². The molecule has 0 aliphatic rings. The fourth-order valence-electron chi connectivity index (χ4n) is 1.55. The molecule has 0 atom stereocenters. The molecule has 0 saturated heterocycles. The van der Waals surface area contributed by atoms with Gasteiger partial charge in [-0.05, 0) is 26.8 Å². The van der Waals surface area contributed by atoms with Gasteiger partial charge < -0.3 is 10.2 Å². The van der Waals surface area contributed by atoms with Gasteiger partial charge in [-0.2, -0.15) is 13.2 Å². The van der Waals surface area contributed by atoms with Gasteiger partial charge in [-0.3, -0.25) is 4.79 Å². The molecule has 4 nitrogen and oxygen atoms in total. The molecule has 1 aromatic heterocycles. The predicted molar refractivity (Wildman–Crippen MR) is 70.6 cm³/mol. The molecule has 1 N–H and O–H groups in total. The summed E-state index contributed by atoms with van der Waals surface area (Å²) in [5.74, 6) is -0.646. The first-order valence-corrected chi connectivity index (χ1v) is 5.99. The van der Waals surface area contributed by atoms with Crippen LogP contribution in [0.2, 0.25) is 0 Å². The average molecular weight is 289 g/mol. The van der Waals surface area contributed by atoms with Crippen LogP contribution in [0.4, 0.5) is 19.0 Å². The van der Waals surface area contributed by atoms with E-state index in [9.17, 15) is 18.0 Å². The number of halogens is 3. The fourth-order valence-corrected chi connectivity index (χ4v) is 1.55. The molecule has 1 rings (SSSR count). The molecule has 0 saturated carbocycles. The maximum atomic E-state index is 13.1. The second kappa shape index (κ2) is 5.30. The van der Waals surface area contributed by atoms with Crippen LogP contribution in [0, 0.1) is 0 Å². The number of anilines is 1. The number of amides is 1. The Morgan fingerprint density at radius 3 is 2.20 bits per heavy atom. The Hall–Kier alpha value is -1.79. The van der Waals surface area contributed by atoms with Crippen LogP contribution in [-0.2, 0) is 6.18 Å². The molecule has 0 aliphatic heterocycles. The van der Waals surface area contributed by atoms with Crippen molar-refractivity contribution in [3.8, 4) is 0 Å². The zero-order valence-corrected chi connectivity index (χ0v) is 12.1. The third kappa shape index (κ3) is 4.11. The van der Waals surface area contributed by atoms with Gasteiger partial charge in [-0.25, -0.2) is 4.98 Å². The van der Waals surface area contributed by atoms with Gasteiger partial charge in [0.25, 0.3) is 5.91 Å². The van der Waals surface area contributed by atoms with E-state index in [4.69, 9.17) is 0 Å². The van der Waals surface area contributed by atoms with Gasteiger partial charge in [0, 0.05) is 25.8 Å². The highest BCUT2D eigenvalue weighted by atomic mass is 19.4. The van der Waals surface area contributed by atoms with Crippen LogP contribution in [0.1, 0.15) is 36.7 Å². The lowest BCUT2D eigenvalue weighted by Crippen LogP contribution is -2.28. The van der Waals surface area contributed by atoms with Crippen LogP contribution in [-0.4, -0.2) is 35.4 Å². The van der Waals surface area contributed by atoms with Crippen LogP contribution in [0.5, 0.6) is 0 Å². The van der Waals surface area contributed by atoms with E-state index in [-0.39, 0.29) is 5.82 Å². The smallest absolute Gasteiger partial charge is 0.365 e. The Morgan fingerprint density at radius 2 is 1.80 bits per heavy atom. The van der Waals surface area contributed by atoms with E-state index in [1.807, 2.05) is 0 Å². The molecular weight excluding hydrogens is 271 g/mol. The lowest BCUT2D eigenvalue weighted by Gasteiger charge is -2.23. The van der Waals surface area contributed by atoms with E-state index < -0.39 is 28.7 Å². The summed E-state index contributed by atoms with van der Waals surface area (Å²) in [6.07, 6.45) is -3.66. The topological polar surface area (TPSA) is 45.2 Å². The van der Waals surface area contributed by atoms with Crippen LogP contribution in [0.15, 0.2) is 12.3 Å². The minimum absolute atomic E-state index is 0.0835. The van der Waals surface area contributed by atoms with Crippen molar-refractivity contribution in [1.29, 1.82) is 0 Å². The van der Waals surface area contributed by atoms with Crippen molar-refractivity contribution >= 4 is 11.7 Å². The standard InChI is InChI=1S/C13H18F3N3O/c1-12(2,3)18-10-6-9(13(14,15)16)8(7-17-10)11(20)19(4)5/h6-7H,1-5H3,(H,17,18). The number of carbonyl (C=O) groups is 1. The number of nitrogens with one attached hydrogen (secondary N) is 1. The average Bonchev–Trinajstić information content (AvgIpc) is 2.24. The summed E-state index contributed by atoms with van der Waals surface area (Å²) in [5.41, 5.74) is -1.87. The number of carbonyl (C=O) groups excluding carboxylic acids is 1. The number of aromatic nitrogens is 1. The summed E-state index contributed by atoms with van der Waals surface area (Å²) < 4.78 is 39.2. The highest BCUT2D eigenvalue weighted by Crippen LogP contribution is 2.33. The largest absolute Gasteiger partial charge is 0.417 e. The van der Waals surface area contributed by atoms with E-state index in [0.29, 0.717) is 0 Å². The van der Waals surface area contributed by atoms with Crippen LogP contribution < -0.4 is 5.32 Å². The molecule has 0 fully saturated rings. The van der Waals surface area contributed by atoms with Gasteiger partial charge in [0.1, 0.15) is 5.82 Å². The third-order valence-electron chi connectivity index (χ3n) is 2.35. The van der Waals surface area contributed by atoms with Gasteiger partial charge in [-0.15, -0.1) is 0 Å². The zero-order valence-electron chi connectivity index (χ0n) is 12.1. The third-order valence-corrected chi connectivity index (χ3v) is 2.35. The van der Waals surface area contributed by atoms with Gasteiger partial charge >= 0.3 is 6.18 Å². The van der Waals surface area contributed by atoms with E-state index in [1.165, 1.54) is 14.1 Å². The molecule has 1 aromatic rings. The maximum absolute atomic E-state index is 13.1. The number of hydrogen-bond acceptors (Lipinski definition) is 3. The normalized spacial score (nSPS) is 12.2. The van der Waals surface area contributed by atoms with Crippen molar-refractivity contribution in [2.45, 2.75) is 32.5 Å². The Kier molecular flexibility index (Phi) is 4.31. The lowest BCUT2D eigenvalue weighted by atomic mass is 10.1. The minimum atomic E-state index is -4.61. The predicted octanol–water partition coefficient (Wildman–Crippen LogP) is 3.01. The van der Waals surface area contributed by atoms with Gasteiger partial charge in [0.15, 0.2) is 0 Å². The molecule has 0 bridgehead atoms. The first-order chi connectivity index (χ1) is 8.92. The van der Waals surface area contributed by atoms with E-state index >= 15 is 0 Å². The number of nitrogens with zero attached hydrogens (tertiary/aromatic N) is 2. The highest BCUT2D eigenvalue weighted by Gasteiger charge is 2.36. The Bertz CT molecular complexity index is 505. The zero-order chi connectivity index (χ0) is 15.7. The van der Waals surface area contributed by atoms with Crippen molar-refractivity contribution in [3.05, 3.63) is 23.4 Å². The summed E-state index contributed by atoms with van der Waals surface area (Å²) in [7, 11) is 2.79. The molecule has 0 unspecified atom stereocenters. The van der Waals surface area contributed by atoms with E-state index in [0.717, 1.165) is 17.2 Å². The fraction of sp³-hybridized carbons (Fsp3) is 0.538. The Balaban J connectivity index is 3.32. The summed E-state index contributed by atoms with van der Waals surface area (Å²) >= 11 is 0. The summed E-state index contributed by atoms with van der Waals surface area (Å²) in [6.45, 7) is 5.42. The lowest BCUT2D eigenvalue weighted by molar-refractivity contribution is -0.138. The van der Waals surface area contributed by atoms with Crippen LogP contribution in [0.25, 0.3) is 0 Å². The summed E-state index contributed by atoms with van der Waals surface area (Å²) in [4.78, 5) is 16.7. The molecule has 0 aliphatic carbocycles. The van der Waals surface area contributed by atoms with Crippen molar-refractivity contribution in [1.82, 2.24) is 9.88 Å². The molecule has 20 heavy (non-hydrogen) atoms. The molecule has 1 heterocycles. The molecule has 0 spiro atoms. The van der Waals surface area contributed by atoms with Gasteiger partial charge in [0.05, 0.1) is 11.1 Å². The molecular formula is C13H18F3N3O. The second-order valence-corrected chi connectivity index (χ2v) is 5.69. The molecule has 0 aromatic carbocycles. The molecule has 112 valence electrons. The van der Waals surface area contributed by atoms with Crippen LogP contribution in [0.3, 0.4) is 0 Å². The maximum Gasteiger partial charge on any atom is 0.417 e. The SMILES string of the molecule is CN(C)C(=O)c1cnc(NC(C)(C)C)cc1C(F)(F)F. The number of alkyl halides is 3. The Morgan fingerprint density at radius 1 is 1.25 bits per heavy atom. The summed E-state index contributed by atoms with van der Waals surface area (Å²) in [5, 5.41) is 2.85. The number of pyridine rings is 1. The highest BCUT2D eigenvalue weighted by molar-refractivity contribution is 5.95. The van der Waals surface area contributed by atoms with E-state index in [1.54, 1.807) is 20.8 Å². The van der Waals surface area contributed by atoms with Crippen LogP contribution >= 0.6 is 0 Å². The molecule has 0 radical (unpaired) electrons. The number of hydrogen-bond donors (Lipinski definition) is 1. The van der Waals surface area contributed by atoms with Gasteiger partial charge in [0.2, 0.25) is 0 Å². The Labute approximate surface area is 116 Å². The quantitative estimate of drug-likeness (QED) is 0.910. The first-order valence-electron chi connectivity index (χ1n) is 5.99. The number of rotatable bonds is 2. The van der Waals surface area contributed by atoms with Crippen molar-refractivity contribution in [2.24, 2.45) is 0 Å². The van der Waals surface area contributed by atoms with Crippen molar-refractivity contribution in [2.75, 3.05) is 19.4 Å². The molecule has 1 amide bonds. The van der Waals surface area contributed by atoms with E-state index in [2.05, 4.69) is 10.3 Å². The minimum Gasteiger partial charge on any atom is -0.365 e. The molecule has 7 heteroatoms. The van der Waals surface area contributed by atoms with Gasteiger partial charge in [-0.1, -0.05) is 0 Å². The second-order valence-electron chi connectivity index (χ2n) is 5.69.